The predicted octanol–water partition coefficient (Wildman–Crippen LogP) is 9.68. The van der Waals surface area contributed by atoms with Crippen LogP contribution in [0.1, 0.15) is 41.2 Å². The molecule has 1 heterocycles. The summed E-state index contributed by atoms with van der Waals surface area (Å²) in [6.07, 6.45) is 4.34. The van der Waals surface area contributed by atoms with Crippen molar-refractivity contribution in [3.63, 3.8) is 0 Å². The summed E-state index contributed by atoms with van der Waals surface area (Å²) in [4.78, 5) is 28.0. The Bertz CT molecular complexity index is 2030. The first-order valence-corrected chi connectivity index (χ1v) is 15.4. The van der Waals surface area contributed by atoms with Crippen molar-refractivity contribution in [1.29, 1.82) is 0 Å². The lowest BCUT2D eigenvalue weighted by molar-refractivity contribution is 0.0690. The molecule has 5 aromatic rings. The summed E-state index contributed by atoms with van der Waals surface area (Å²) >= 11 is 12.5. The summed E-state index contributed by atoms with van der Waals surface area (Å²) in [6, 6.07) is 20.2. The number of nitrogens with zero attached hydrogens (tertiary/aromatic N) is 2. The fraction of sp³-hybridized carbons (Fsp3) is 0.139. The number of carbonyl (C=O) groups excluding carboxylic acids is 1. The average Bonchev–Trinajstić information content (AvgIpc) is 3.44. The number of methoxy groups -OCH3 is 1. The number of carbonyl (C=O) groups is 2. The van der Waals surface area contributed by atoms with Gasteiger partial charge in [0.25, 0.3) is 0 Å². The summed E-state index contributed by atoms with van der Waals surface area (Å²) in [7, 11) is 1.51. The van der Waals surface area contributed by atoms with E-state index in [0.29, 0.717) is 38.6 Å². The Balaban J connectivity index is 1.43. The van der Waals surface area contributed by atoms with Crippen LogP contribution < -0.4 is 10.1 Å². The molecule has 12 heteroatoms. The minimum Gasteiger partial charge on any atom is -0.495 e. The molecule has 0 unspecified atom stereocenters. The average molecular weight is 693 g/mol. The van der Waals surface area contributed by atoms with Crippen molar-refractivity contribution >= 4 is 53.1 Å². The van der Waals surface area contributed by atoms with Crippen LogP contribution in [0.5, 0.6) is 5.75 Å². The number of anilines is 1. The van der Waals surface area contributed by atoms with Crippen LogP contribution in [0, 0.1) is 11.6 Å². The van der Waals surface area contributed by atoms with Gasteiger partial charge in [-0.05, 0) is 73.0 Å². The molecule has 48 heavy (non-hydrogen) atoms. The second-order valence-electron chi connectivity index (χ2n) is 10.9. The molecule has 2 N–H and O–H groups in total. The van der Waals surface area contributed by atoms with Crippen molar-refractivity contribution in [2.75, 3.05) is 12.4 Å². The van der Waals surface area contributed by atoms with Crippen LogP contribution in [0.25, 0.3) is 34.5 Å². The molecule has 0 atom stereocenters. The molecular formula is C36H29Cl2F2N3O5. The van der Waals surface area contributed by atoms with Gasteiger partial charge in [-0.2, -0.15) is 0 Å². The molecule has 0 aliphatic carbocycles. The summed E-state index contributed by atoms with van der Waals surface area (Å²) in [5.74, 6) is -3.38. The van der Waals surface area contributed by atoms with E-state index in [1.54, 1.807) is 61.0 Å². The first kappa shape index (κ1) is 34.2. The lowest BCUT2D eigenvalue weighted by Gasteiger charge is -2.13. The van der Waals surface area contributed by atoms with Crippen LogP contribution in [-0.4, -0.2) is 39.9 Å². The summed E-state index contributed by atoms with van der Waals surface area (Å²) in [6.45, 7) is 3.38. The zero-order valence-electron chi connectivity index (χ0n) is 25.9. The molecule has 5 rings (SSSR count). The second-order valence-corrected chi connectivity index (χ2v) is 11.7. The van der Waals surface area contributed by atoms with Gasteiger partial charge in [0.15, 0.2) is 11.6 Å². The Hall–Kier alpha value is -5.19. The topological polar surface area (TPSA) is 103 Å². The van der Waals surface area contributed by atoms with E-state index >= 15 is 0 Å². The first-order chi connectivity index (χ1) is 22.9. The van der Waals surface area contributed by atoms with E-state index in [4.69, 9.17) is 42.8 Å². The highest BCUT2D eigenvalue weighted by atomic mass is 35.5. The van der Waals surface area contributed by atoms with Crippen molar-refractivity contribution in [3.05, 3.63) is 123 Å². The smallest absolute Gasteiger partial charge is 0.411 e. The van der Waals surface area contributed by atoms with Crippen molar-refractivity contribution in [1.82, 2.24) is 9.55 Å². The molecule has 0 saturated carbocycles. The molecular weight excluding hydrogens is 663 g/mol. The lowest BCUT2D eigenvalue weighted by atomic mass is 10.0. The van der Waals surface area contributed by atoms with Crippen LogP contribution in [0.4, 0.5) is 19.3 Å². The van der Waals surface area contributed by atoms with Gasteiger partial charge < -0.3 is 19.1 Å². The highest BCUT2D eigenvalue weighted by molar-refractivity contribution is 6.36. The number of benzene rings is 4. The van der Waals surface area contributed by atoms with E-state index in [2.05, 4.69) is 5.32 Å². The number of nitrogens with one attached hydrogen (secondary N) is 1. The Labute approximate surface area is 285 Å². The van der Waals surface area contributed by atoms with E-state index in [-0.39, 0.29) is 18.2 Å². The number of aromatic carboxylic acids is 1. The molecule has 0 aliphatic heterocycles. The van der Waals surface area contributed by atoms with E-state index in [1.807, 2.05) is 36.4 Å². The Kier molecular flexibility index (Phi) is 10.5. The maximum atomic E-state index is 14.9. The van der Waals surface area contributed by atoms with Gasteiger partial charge in [0, 0.05) is 22.3 Å². The Morgan fingerprint density at radius 3 is 2.35 bits per heavy atom. The number of carboxylic acid groups (broad SMARTS) is 1. The van der Waals surface area contributed by atoms with Crippen molar-refractivity contribution in [3.8, 4) is 28.1 Å². The number of imidazole rings is 1. The predicted molar refractivity (Wildman–Crippen MR) is 183 cm³/mol. The number of rotatable bonds is 10. The van der Waals surface area contributed by atoms with Crippen molar-refractivity contribution in [2.45, 2.75) is 26.5 Å². The van der Waals surface area contributed by atoms with Crippen molar-refractivity contribution in [2.24, 2.45) is 0 Å². The number of hydrogen-bond acceptors (Lipinski definition) is 5. The third-order valence-corrected chi connectivity index (χ3v) is 7.75. The highest BCUT2D eigenvalue weighted by Gasteiger charge is 2.20. The van der Waals surface area contributed by atoms with Gasteiger partial charge in [-0.25, -0.2) is 23.4 Å². The number of halogens is 4. The zero-order chi connectivity index (χ0) is 34.5. The summed E-state index contributed by atoms with van der Waals surface area (Å²) in [5.41, 5.74) is 3.29. The fourth-order valence-corrected chi connectivity index (χ4v) is 5.37. The van der Waals surface area contributed by atoms with Gasteiger partial charge in [-0.15, -0.1) is 0 Å². The number of carboxylic acids is 1. The van der Waals surface area contributed by atoms with Crippen molar-refractivity contribution < 1.29 is 33.0 Å². The molecule has 246 valence electrons. The molecule has 1 aromatic heterocycles. The van der Waals surface area contributed by atoms with Gasteiger partial charge in [0.05, 0.1) is 41.7 Å². The zero-order valence-corrected chi connectivity index (χ0v) is 27.4. The first-order valence-electron chi connectivity index (χ1n) is 14.6. The molecule has 0 bridgehead atoms. The minimum absolute atomic E-state index is 0.0592. The van der Waals surface area contributed by atoms with E-state index in [1.165, 1.54) is 13.2 Å². The van der Waals surface area contributed by atoms with E-state index in [0.717, 1.165) is 22.8 Å². The Morgan fingerprint density at radius 1 is 0.958 bits per heavy atom. The van der Waals surface area contributed by atoms with Gasteiger partial charge in [0.2, 0.25) is 0 Å². The number of hydrogen-bond donors (Lipinski definition) is 2. The third kappa shape index (κ3) is 7.84. The molecule has 1 amide bonds. The molecule has 0 radical (unpaired) electrons. The minimum atomic E-state index is -1.56. The quantitative estimate of drug-likeness (QED) is 0.151. The van der Waals surface area contributed by atoms with Crippen LogP contribution in [0.3, 0.4) is 0 Å². The van der Waals surface area contributed by atoms with Gasteiger partial charge in [0.1, 0.15) is 11.6 Å². The molecule has 0 fully saturated rings. The van der Waals surface area contributed by atoms with E-state index < -0.39 is 29.3 Å². The second kappa shape index (κ2) is 14.7. The van der Waals surface area contributed by atoms with Gasteiger partial charge in [-0.3, -0.25) is 5.32 Å². The molecule has 0 saturated heterocycles. The van der Waals surface area contributed by atoms with Crippen LogP contribution in [0.2, 0.25) is 10.0 Å². The normalized spacial score (nSPS) is 11.2. The van der Waals surface area contributed by atoms with Crippen LogP contribution >= 0.6 is 23.2 Å². The lowest BCUT2D eigenvalue weighted by Crippen LogP contribution is -2.18. The van der Waals surface area contributed by atoms with Crippen LogP contribution in [0.15, 0.2) is 79.0 Å². The van der Waals surface area contributed by atoms with Gasteiger partial charge in [-0.1, -0.05) is 65.7 Å². The van der Waals surface area contributed by atoms with Crippen LogP contribution in [-0.2, 0) is 11.3 Å². The molecule has 0 spiro atoms. The van der Waals surface area contributed by atoms with Gasteiger partial charge >= 0.3 is 12.1 Å². The Morgan fingerprint density at radius 2 is 1.69 bits per heavy atom. The molecule has 0 aliphatic rings. The van der Waals surface area contributed by atoms with E-state index in [9.17, 15) is 18.4 Å². The SMILES string of the molecule is COc1cc(-c2ccc(/C=C/c3nc(-c4ccc(Cl)cc4Cl)cn3Cc3ccc(C(=O)O)c(F)c3F)cc2)ccc1NC(=O)OC(C)C. The summed E-state index contributed by atoms with van der Waals surface area (Å²) < 4.78 is 41.7. The number of amides is 1. The number of ether oxygens (including phenoxy) is 2. The largest absolute Gasteiger partial charge is 0.495 e. The molecule has 4 aromatic carbocycles. The third-order valence-electron chi connectivity index (χ3n) is 7.20. The fourth-order valence-electron chi connectivity index (χ4n) is 4.86. The number of aromatic nitrogens is 2. The highest BCUT2D eigenvalue weighted by Crippen LogP contribution is 2.33. The monoisotopic (exact) mass is 691 g/mol. The standard InChI is InChI=1S/C36H29Cl2F2N3O5/c1-20(2)48-36(46)42-29-14-10-23(16-31(29)47-3)22-7-4-21(5-8-22)6-15-32-41-30(26-13-11-25(37)17-28(26)38)19-43(32)18-24-9-12-27(35(44)45)34(40)33(24)39/h4-17,19-20H,18H2,1-3H3,(H,42,46)(H,44,45)/b15-6+. The molecule has 8 nitrogen and oxygen atoms in total. The maximum absolute atomic E-state index is 14.9. The summed E-state index contributed by atoms with van der Waals surface area (Å²) in [5, 5.41) is 12.6. The maximum Gasteiger partial charge on any atom is 0.411 e.